The van der Waals surface area contributed by atoms with Crippen LogP contribution in [0.25, 0.3) is 5.69 Å². The van der Waals surface area contributed by atoms with Crippen LogP contribution < -0.4 is 0 Å². The van der Waals surface area contributed by atoms with E-state index in [4.69, 9.17) is 5.11 Å². The summed E-state index contributed by atoms with van der Waals surface area (Å²) in [4.78, 5) is 14.7. The molecule has 1 aromatic carbocycles. The largest absolute Gasteiger partial charge is 0.475 e. The summed E-state index contributed by atoms with van der Waals surface area (Å²) in [5, 5.41) is 12.8. The Bertz CT molecular complexity index is 587. The van der Waals surface area contributed by atoms with Crippen molar-refractivity contribution in [1.82, 2.24) is 14.8 Å². The fraction of sp³-hybridized carbons (Fsp3) is 0.250. The molecule has 88 valence electrons. The van der Waals surface area contributed by atoms with Crippen molar-refractivity contribution in [3.63, 3.8) is 0 Å². The van der Waals surface area contributed by atoms with Gasteiger partial charge in [0.1, 0.15) is 5.82 Å². The van der Waals surface area contributed by atoms with Crippen molar-refractivity contribution in [1.29, 1.82) is 0 Å². The molecule has 17 heavy (non-hydrogen) atoms. The molecular weight excluding hydrogens is 218 g/mol. The highest BCUT2D eigenvalue weighted by molar-refractivity contribution is 5.83. The summed E-state index contributed by atoms with van der Waals surface area (Å²) >= 11 is 0. The molecule has 0 bridgehead atoms. The van der Waals surface area contributed by atoms with Crippen LogP contribution in [0.2, 0.25) is 0 Å². The van der Waals surface area contributed by atoms with Gasteiger partial charge in [0.25, 0.3) is 5.82 Å². The van der Waals surface area contributed by atoms with Gasteiger partial charge in [0, 0.05) is 0 Å². The van der Waals surface area contributed by atoms with Crippen LogP contribution in [0, 0.1) is 20.8 Å². The average Bonchev–Trinajstić information content (AvgIpc) is 2.65. The third kappa shape index (κ3) is 2.04. The number of nitrogens with zero attached hydrogens (tertiary/aromatic N) is 3. The molecule has 1 heterocycles. The molecule has 0 aliphatic rings. The topological polar surface area (TPSA) is 68.0 Å². The third-order valence-corrected chi connectivity index (χ3v) is 2.70. The Hall–Kier alpha value is -2.17. The summed E-state index contributed by atoms with van der Waals surface area (Å²) in [5.41, 5.74) is 3.14. The lowest BCUT2D eigenvalue weighted by molar-refractivity contribution is 0.0683. The van der Waals surface area contributed by atoms with E-state index < -0.39 is 5.97 Å². The van der Waals surface area contributed by atoms with Gasteiger partial charge in [0.2, 0.25) is 0 Å². The molecule has 0 aliphatic heterocycles. The second-order valence-corrected chi connectivity index (χ2v) is 3.97. The molecule has 0 fully saturated rings. The number of aromatic carboxylic acids is 1. The monoisotopic (exact) mass is 231 g/mol. The zero-order chi connectivity index (χ0) is 12.6. The maximum Gasteiger partial charge on any atom is 0.375 e. The third-order valence-electron chi connectivity index (χ3n) is 2.70. The van der Waals surface area contributed by atoms with Crippen molar-refractivity contribution >= 4 is 5.97 Å². The van der Waals surface area contributed by atoms with Crippen LogP contribution in [0.15, 0.2) is 18.2 Å². The molecule has 0 unspecified atom stereocenters. The maximum atomic E-state index is 10.8. The van der Waals surface area contributed by atoms with Gasteiger partial charge in [-0.2, -0.15) is 0 Å². The first-order chi connectivity index (χ1) is 7.99. The minimum absolute atomic E-state index is 0.180. The number of carbonyl (C=O) groups is 1. The van der Waals surface area contributed by atoms with E-state index in [-0.39, 0.29) is 5.82 Å². The summed E-state index contributed by atoms with van der Waals surface area (Å²) in [6, 6.07) is 5.84. The van der Waals surface area contributed by atoms with E-state index in [1.54, 1.807) is 6.92 Å². The highest BCUT2D eigenvalue weighted by atomic mass is 16.4. The fourth-order valence-electron chi connectivity index (χ4n) is 1.58. The average molecular weight is 231 g/mol. The number of rotatable bonds is 2. The summed E-state index contributed by atoms with van der Waals surface area (Å²) in [5.74, 6) is -0.734. The van der Waals surface area contributed by atoms with Gasteiger partial charge in [-0.05, 0) is 44.0 Å². The number of hydrogen-bond donors (Lipinski definition) is 1. The smallest absolute Gasteiger partial charge is 0.375 e. The zero-order valence-electron chi connectivity index (χ0n) is 9.93. The summed E-state index contributed by atoms with van der Waals surface area (Å²) in [7, 11) is 0. The molecule has 1 aromatic heterocycles. The minimum atomic E-state index is -1.12. The number of aryl methyl sites for hydroxylation is 3. The van der Waals surface area contributed by atoms with Crippen LogP contribution in [-0.2, 0) is 0 Å². The van der Waals surface area contributed by atoms with Gasteiger partial charge in [-0.3, -0.25) is 0 Å². The van der Waals surface area contributed by atoms with Crippen LogP contribution in [-0.4, -0.2) is 25.8 Å². The first-order valence-corrected chi connectivity index (χ1v) is 5.23. The summed E-state index contributed by atoms with van der Waals surface area (Å²) in [6.07, 6.45) is 0. The van der Waals surface area contributed by atoms with Crippen molar-refractivity contribution in [2.45, 2.75) is 20.8 Å². The number of carboxylic acids is 1. The van der Waals surface area contributed by atoms with E-state index in [0.29, 0.717) is 5.82 Å². The Kier molecular flexibility index (Phi) is 2.67. The van der Waals surface area contributed by atoms with Crippen LogP contribution >= 0.6 is 0 Å². The lowest BCUT2D eigenvalue weighted by atomic mass is 10.1. The second-order valence-electron chi connectivity index (χ2n) is 3.97. The summed E-state index contributed by atoms with van der Waals surface area (Å²) < 4.78 is 1.54. The van der Waals surface area contributed by atoms with Crippen LogP contribution in [0.3, 0.4) is 0 Å². The fourth-order valence-corrected chi connectivity index (χ4v) is 1.58. The Labute approximate surface area is 98.7 Å². The quantitative estimate of drug-likeness (QED) is 0.857. The van der Waals surface area contributed by atoms with E-state index >= 15 is 0 Å². The highest BCUT2D eigenvalue weighted by Crippen LogP contribution is 2.14. The van der Waals surface area contributed by atoms with Gasteiger partial charge < -0.3 is 5.11 Å². The Morgan fingerprint density at radius 1 is 1.24 bits per heavy atom. The molecule has 5 heteroatoms. The second kappa shape index (κ2) is 4.01. The number of aromatic nitrogens is 3. The number of benzene rings is 1. The predicted molar refractivity (Wildman–Crippen MR) is 62.5 cm³/mol. The first kappa shape index (κ1) is 11.3. The van der Waals surface area contributed by atoms with E-state index in [1.165, 1.54) is 10.2 Å². The summed E-state index contributed by atoms with van der Waals surface area (Å²) in [6.45, 7) is 5.76. The maximum absolute atomic E-state index is 10.8. The lowest BCUT2D eigenvalue weighted by Gasteiger charge is -2.05. The normalized spacial score (nSPS) is 10.5. The van der Waals surface area contributed by atoms with Crippen LogP contribution in [0.5, 0.6) is 0 Å². The predicted octanol–water partition coefficient (Wildman–Crippen LogP) is 1.89. The lowest BCUT2D eigenvalue weighted by Crippen LogP contribution is -2.02. The van der Waals surface area contributed by atoms with E-state index in [0.717, 1.165) is 11.3 Å². The van der Waals surface area contributed by atoms with Crippen molar-refractivity contribution in [3.8, 4) is 5.69 Å². The molecule has 0 spiro atoms. The van der Waals surface area contributed by atoms with E-state index in [9.17, 15) is 4.79 Å². The first-order valence-electron chi connectivity index (χ1n) is 5.23. The molecule has 0 amide bonds. The van der Waals surface area contributed by atoms with Crippen molar-refractivity contribution < 1.29 is 9.90 Å². The molecule has 0 saturated heterocycles. The van der Waals surface area contributed by atoms with Crippen LogP contribution in [0.1, 0.15) is 27.6 Å². The molecule has 0 radical (unpaired) electrons. The Morgan fingerprint density at radius 3 is 2.47 bits per heavy atom. The van der Waals surface area contributed by atoms with Crippen molar-refractivity contribution in [3.05, 3.63) is 41.0 Å². The van der Waals surface area contributed by atoms with Crippen molar-refractivity contribution in [2.24, 2.45) is 0 Å². The Balaban J connectivity index is 2.52. The van der Waals surface area contributed by atoms with Crippen molar-refractivity contribution in [2.75, 3.05) is 0 Å². The van der Waals surface area contributed by atoms with Crippen LogP contribution in [0.4, 0.5) is 0 Å². The molecule has 1 N–H and O–H groups in total. The molecule has 0 aliphatic carbocycles. The van der Waals surface area contributed by atoms with Gasteiger partial charge in [-0.1, -0.05) is 6.07 Å². The molecule has 0 saturated carbocycles. The van der Waals surface area contributed by atoms with Gasteiger partial charge >= 0.3 is 5.97 Å². The molecule has 0 atom stereocenters. The minimum Gasteiger partial charge on any atom is -0.475 e. The van der Waals surface area contributed by atoms with Gasteiger partial charge in [0.15, 0.2) is 0 Å². The van der Waals surface area contributed by atoms with Gasteiger partial charge in [-0.25, -0.2) is 14.5 Å². The standard InChI is InChI=1S/C12H13N3O2/c1-7-4-5-10(6-8(7)2)15-9(3)13-11(14-15)12(16)17/h4-6H,1-3H3,(H,16,17). The number of carboxylic acid groups (broad SMARTS) is 1. The molecular formula is C12H13N3O2. The molecule has 2 aromatic rings. The Morgan fingerprint density at radius 2 is 1.94 bits per heavy atom. The SMILES string of the molecule is Cc1ccc(-n2nc(C(=O)O)nc2C)cc1C. The molecule has 5 nitrogen and oxygen atoms in total. The highest BCUT2D eigenvalue weighted by Gasteiger charge is 2.13. The molecule has 2 rings (SSSR count). The van der Waals surface area contributed by atoms with Gasteiger partial charge in [0.05, 0.1) is 5.69 Å². The zero-order valence-corrected chi connectivity index (χ0v) is 9.93. The number of hydrogen-bond acceptors (Lipinski definition) is 3. The van der Waals surface area contributed by atoms with Gasteiger partial charge in [-0.15, -0.1) is 5.10 Å². The van der Waals surface area contributed by atoms with E-state index in [1.807, 2.05) is 32.0 Å². The van der Waals surface area contributed by atoms with E-state index in [2.05, 4.69) is 10.1 Å².